The molecule has 0 fully saturated rings. The minimum Gasteiger partial charge on any atom is -0.316 e. The molecule has 1 unspecified atom stereocenters. The van der Waals surface area contributed by atoms with Crippen LogP contribution in [0.15, 0.2) is 30.5 Å². The Morgan fingerprint density at radius 1 is 1.33 bits per heavy atom. The molecule has 2 heterocycles. The fourth-order valence-electron chi connectivity index (χ4n) is 2.45. The molecular formula is C15H13F2N3O. The van der Waals surface area contributed by atoms with E-state index < -0.39 is 23.6 Å². The number of benzene rings is 1. The molecule has 0 saturated carbocycles. The molecule has 4 nitrogen and oxygen atoms in total. The second kappa shape index (κ2) is 4.89. The molecular weight excluding hydrogens is 276 g/mol. The number of rotatable bonds is 2. The van der Waals surface area contributed by atoms with Crippen LogP contribution in [-0.4, -0.2) is 10.9 Å². The van der Waals surface area contributed by atoms with Crippen LogP contribution >= 0.6 is 0 Å². The summed E-state index contributed by atoms with van der Waals surface area (Å²) >= 11 is 0. The SMILES string of the molecule is Cc1ccc(CN2C(=O)C(N)c3c(F)cc(F)cc32)cn1. The van der Waals surface area contributed by atoms with Gasteiger partial charge in [-0.05, 0) is 24.6 Å². The van der Waals surface area contributed by atoms with Crippen molar-refractivity contribution < 1.29 is 13.6 Å². The van der Waals surface area contributed by atoms with Crippen molar-refractivity contribution in [2.24, 2.45) is 5.73 Å². The molecule has 1 aliphatic heterocycles. The highest BCUT2D eigenvalue weighted by atomic mass is 19.1. The summed E-state index contributed by atoms with van der Waals surface area (Å²) in [5, 5.41) is 0. The first-order valence-electron chi connectivity index (χ1n) is 6.45. The van der Waals surface area contributed by atoms with Gasteiger partial charge in [-0.3, -0.25) is 9.78 Å². The lowest BCUT2D eigenvalue weighted by Crippen LogP contribution is -2.31. The number of anilines is 1. The first-order chi connectivity index (χ1) is 9.97. The van der Waals surface area contributed by atoms with E-state index in [1.807, 2.05) is 19.1 Å². The molecule has 0 saturated heterocycles. The van der Waals surface area contributed by atoms with Gasteiger partial charge >= 0.3 is 0 Å². The van der Waals surface area contributed by atoms with E-state index in [-0.39, 0.29) is 17.8 Å². The smallest absolute Gasteiger partial charge is 0.249 e. The second-order valence-electron chi connectivity index (χ2n) is 5.03. The average Bonchev–Trinajstić information content (AvgIpc) is 2.66. The van der Waals surface area contributed by atoms with Gasteiger partial charge in [0.15, 0.2) is 0 Å². The Kier molecular flexibility index (Phi) is 3.17. The molecule has 6 heteroatoms. The van der Waals surface area contributed by atoms with Gasteiger partial charge < -0.3 is 10.6 Å². The van der Waals surface area contributed by atoms with E-state index in [2.05, 4.69) is 4.98 Å². The monoisotopic (exact) mass is 289 g/mol. The summed E-state index contributed by atoms with van der Waals surface area (Å²) < 4.78 is 27.2. The first-order valence-corrected chi connectivity index (χ1v) is 6.45. The number of fused-ring (bicyclic) bond motifs is 1. The highest BCUT2D eigenvalue weighted by Gasteiger charge is 2.37. The summed E-state index contributed by atoms with van der Waals surface area (Å²) in [5.41, 5.74) is 7.58. The van der Waals surface area contributed by atoms with E-state index in [4.69, 9.17) is 5.73 Å². The van der Waals surface area contributed by atoms with Crippen LogP contribution in [0.3, 0.4) is 0 Å². The predicted molar refractivity (Wildman–Crippen MR) is 73.5 cm³/mol. The van der Waals surface area contributed by atoms with E-state index in [1.165, 1.54) is 4.90 Å². The van der Waals surface area contributed by atoms with Crippen LogP contribution < -0.4 is 10.6 Å². The number of nitrogens with two attached hydrogens (primary N) is 1. The van der Waals surface area contributed by atoms with Gasteiger partial charge in [0.1, 0.15) is 17.7 Å². The van der Waals surface area contributed by atoms with E-state index >= 15 is 0 Å². The summed E-state index contributed by atoms with van der Waals surface area (Å²) in [6, 6.07) is 4.39. The van der Waals surface area contributed by atoms with Crippen molar-refractivity contribution in [2.75, 3.05) is 4.90 Å². The maximum Gasteiger partial charge on any atom is 0.249 e. The number of halogens is 2. The fraction of sp³-hybridized carbons (Fsp3) is 0.200. The third kappa shape index (κ3) is 2.27. The third-order valence-electron chi connectivity index (χ3n) is 3.52. The Balaban J connectivity index is 2.01. The molecule has 0 radical (unpaired) electrons. The predicted octanol–water partition coefficient (Wildman–Crippen LogP) is 2.21. The normalized spacial score (nSPS) is 17.2. The van der Waals surface area contributed by atoms with Crippen molar-refractivity contribution in [3.05, 3.63) is 58.9 Å². The zero-order valence-corrected chi connectivity index (χ0v) is 11.3. The molecule has 3 rings (SSSR count). The Labute approximate surface area is 120 Å². The lowest BCUT2D eigenvalue weighted by molar-refractivity contribution is -0.119. The molecule has 2 aromatic rings. The lowest BCUT2D eigenvalue weighted by atomic mass is 10.1. The van der Waals surface area contributed by atoms with Gasteiger partial charge in [-0.1, -0.05) is 6.07 Å². The number of carbonyl (C=O) groups excluding carboxylic acids is 1. The molecule has 0 bridgehead atoms. The van der Waals surface area contributed by atoms with E-state index in [0.29, 0.717) is 0 Å². The lowest BCUT2D eigenvalue weighted by Gasteiger charge is -2.17. The van der Waals surface area contributed by atoms with Crippen molar-refractivity contribution >= 4 is 11.6 Å². The number of aryl methyl sites for hydroxylation is 1. The summed E-state index contributed by atoms with van der Waals surface area (Å²) in [7, 11) is 0. The van der Waals surface area contributed by atoms with Crippen LogP contribution in [0.5, 0.6) is 0 Å². The molecule has 1 aromatic heterocycles. The molecule has 0 aliphatic carbocycles. The Hall–Kier alpha value is -2.34. The second-order valence-corrected chi connectivity index (χ2v) is 5.03. The zero-order chi connectivity index (χ0) is 15.1. The Bertz CT molecular complexity index is 716. The van der Waals surface area contributed by atoms with Crippen molar-refractivity contribution in [3.63, 3.8) is 0 Å². The first kappa shape index (κ1) is 13.6. The van der Waals surface area contributed by atoms with Gasteiger partial charge in [0.2, 0.25) is 5.91 Å². The maximum absolute atomic E-state index is 13.8. The van der Waals surface area contributed by atoms with Gasteiger partial charge in [0.05, 0.1) is 12.2 Å². The Morgan fingerprint density at radius 3 is 2.76 bits per heavy atom. The van der Waals surface area contributed by atoms with Crippen molar-refractivity contribution in [2.45, 2.75) is 19.5 Å². The number of carbonyl (C=O) groups is 1. The average molecular weight is 289 g/mol. The summed E-state index contributed by atoms with van der Waals surface area (Å²) in [6.45, 7) is 2.02. The topological polar surface area (TPSA) is 59.2 Å². The molecule has 1 aromatic carbocycles. The molecule has 1 atom stereocenters. The van der Waals surface area contributed by atoms with E-state index in [1.54, 1.807) is 6.20 Å². The van der Waals surface area contributed by atoms with Crippen molar-refractivity contribution in [1.82, 2.24) is 4.98 Å². The van der Waals surface area contributed by atoms with Crippen LogP contribution in [0.2, 0.25) is 0 Å². The molecule has 1 amide bonds. The molecule has 2 N–H and O–H groups in total. The van der Waals surface area contributed by atoms with Crippen molar-refractivity contribution in [3.8, 4) is 0 Å². The quantitative estimate of drug-likeness (QED) is 0.922. The van der Waals surface area contributed by atoms with Gasteiger partial charge in [0, 0.05) is 23.5 Å². The fourth-order valence-corrected chi connectivity index (χ4v) is 2.45. The van der Waals surface area contributed by atoms with Crippen LogP contribution in [0.4, 0.5) is 14.5 Å². The number of hydrogen-bond acceptors (Lipinski definition) is 3. The highest BCUT2D eigenvalue weighted by Crippen LogP contribution is 2.37. The van der Waals surface area contributed by atoms with Gasteiger partial charge in [-0.25, -0.2) is 8.78 Å². The van der Waals surface area contributed by atoms with Gasteiger partial charge in [-0.2, -0.15) is 0 Å². The van der Waals surface area contributed by atoms with Crippen LogP contribution in [0.25, 0.3) is 0 Å². The number of amides is 1. The summed E-state index contributed by atoms with van der Waals surface area (Å²) in [5.74, 6) is -1.98. The Morgan fingerprint density at radius 2 is 2.10 bits per heavy atom. The number of hydrogen-bond donors (Lipinski definition) is 1. The van der Waals surface area contributed by atoms with Crippen LogP contribution in [0.1, 0.15) is 22.9 Å². The molecule has 0 spiro atoms. The van der Waals surface area contributed by atoms with Crippen LogP contribution in [-0.2, 0) is 11.3 Å². The molecule has 1 aliphatic rings. The van der Waals surface area contributed by atoms with E-state index in [9.17, 15) is 13.6 Å². The minimum absolute atomic E-state index is 0.0430. The van der Waals surface area contributed by atoms with Gasteiger partial charge in [0.25, 0.3) is 0 Å². The zero-order valence-electron chi connectivity index (χ0n) is 11.3. The molecule has 21 heavy (non-hydrogen) atoms. The largest absolute Gasteiger partial charge is 0.316 e. The number of aromatic nitrogens is 1. The standard InChI is InChI=1S/C15H13F2N3O/c1-8-2-3-9(6-19-8)7-20-12-5-10(16)4-11(17)13(12)14(18)15(20)21/h2-6,14H,7,18H2,1H3. The molecule has 108 valence electrons. The number of nitrogens with zero attached hydrogens (tertiary/aromatic N) is 2. The third-order valence-corrected chi connectivity index (χ3v) is 3.52. The summed E-state index contributed by atoms with van der Waals surface area (Å²) in [4.78, 5) is 17.6. The van der Waals surface area contributed by atoms with E-state index in [0.717, 1.165) is 23.4 Å². The summed E-state index contributed by atoms with van der Waals surface area (Å²) in [6.07, 6.45) is 1.63. The minimum atomic E-state index is -1.10. The number of pyridine rings is 1. The highest BCUT2D eigenvalue weighted by molar-refractivity contribution is 6.04. The maximum atomic E-state index is 13.8. The van der Waals surface area contributed by atoms with Crippen LogP contribution in [0, 0.1) is 18.6 Å². The van der Waals surface area contributed by atoms with Gasteiger partial charge in [-0.15, -0.1) is 0 Å². The van der Waals surface area contributed by atoms with Crippen molar-refractivity contribution in [1.29, 1.82) is 0 Å².